The van der Waals surface area contributed by atoms with Crippen LogP contribution in [0.2, 0.25) is 0 Å². The number of cyclic esters (lactones) is 1. The van der Waals surface area contributed by atoms with Crippen LogP contribution in [-0.4, -0.2) is 32.8 Å². The molecule has 0 aromatic heterocycles. The summed E-state index contributed by atoms with van der Waals surface area (Å²) >= 11 is 0. The Hall–Kier alpha value is -3.22. The van der Waals surface area contributed by atoms with Crippen LogP contribution in [0.3, 0.4) is 0 Å². The van der Waals surface area contributed by atoms with Gasteiger partial charge in [0.1, 0.15) is 5.56 Å². The Morgan fingerprint density at radius 2 is 1.82 bits per heavy atom. The lowest BCUT2D eigenvalue weighted by atomic mass is 10.1. The predicted octanol–water partition coefficient (Wildman–Crippen LogP) is 3.80. The maximum atomic E-state index is 12.3. The summed E-state index contributed by atoms with van der Waals surface area (Å²) < 4.78 is 21.2. The zero-order valence-electron chi connectivity index (χ0n) is 16.3. The van der Waals surface area contributed by atoms with Crippen molar-refractivity contribution in [3.05, 3.63) is 53.1 Å². The lowest BCUT2D eigenvalue weighted by molar-refractivity contribution is 0.0433. The first-order valence-electron chi connectivity index (χ1n) is 8.94. The van der Waals surface area contributed by atoms with Crippen LogP contribution in [-0.2, 0) is 9.47 Å². The standard InChI is InChI=1S/C21H23NO6/c1-12(2)11-27-20(23)13-5-7-14(8-6-13)22-19-15-9-10-16(25-3)18(26-4)17(15)21(24)28-19/h5-10,12,19,22H,11H2,1-4H3/t19-/m0/s1. The Morgan fingerprint density at radius 3 is 2.43 bits per heavy atom. The lowest BCUT2D eigenvalue weighted by Crippen LogP contribution is -2.12. The highest BCUT2D eigenvalue weighted by atomic mass is 16.6. The molecule has 1 heterocycles. The van der Waals surface area contributed by atoms with Gasteiger partial charge >= 0.3 is 11.9 Å². The van der Waals surface area contributed by atoms with E-state index in [-0.39, 0.29) is 11.9 Å². The summed E-state index contributed by atoms with van der Waals surface area (Å²) in [5.74, 6) is 0.227. The minimum atomic E-state index is -0.666. The van der Waals surface area contributed by atoms with Gasteiger partial charge in [-0.05, 0) is 42.3 Å². The van der Waals surface area contributed by atoms with Gasteiger partial charge in [-0.3, -0.25) is 0 Å². The van der Waals surface area contributed by atoms with Crippen LogP contribution in [0.1, 0.15) is 46.4 Å². The van der Waals surface area contributed by atoms with Crippen molar-refractivity contribution in [3.8, 4) is 11.5 Å². The van der Waals surface area contributed by atoms with Crippen LogP contribution in [0.4, 0.5) is 5.69 Å². The number of hydrogen-bond acceptors (Lipinski definition) is 7. The largest absolute Gasteiger partial charge is 0.493 e. The number of carbonyl (C=O) groups is 2. The Morgan fingerprint density at radius 1 is 1.11 bits per heavy atom. The van der Waals surface area contributed by atoms with Gasteiger partial charge in [-0.15, -0.1) is 0 Å². The molecule has 1 N–H and O–H groups in total. The molecule has 0 saturated carbocycles. The van der Waals surface area contributed by atoms with Gasteiger partial charge in [0.05, 0.1) is 26.4 Å². The molecule has 7 nitrogen and oxygen atoms in total. The Kier molecular flexibility index (Phi) is 5.73. The molecule has 0 fully saturated rings. The van der Waals surface area contributed by atoms with E-state index in [9.17, 15) is 9.59 Å². The van der Waals surface area contributed by atoms with Gasteiger partial charge in [0.25, 0.3) is 0 Å². The van der Waals surface area contributed by atoms with Crippen molar-refractivity contribution < 1.29 is 28.5 Å². The molecular formula is C21H23NO6. The third-order valence-electron chi connectivity index (χ3n) is 4.26. The summed E-state index contributed by atoms with van der Waals surface area (Å²) in [5.41, 5.74) is 2.15. The first-order chi connectivity index (χ1) is 13.4. The Bertz CT molecular complexity index is 875. The average molecular weight is 385 g/mol. The molecule has 0 amide bonds. The van der Waals surface area contributed by atoms with Crippen LogP contribution >= 0.6 is 0 Å². The zero-order chi connectivity index (χ0) is 20.3. The summed E-state index contributed by atoms with van der Waals surface area (Å²) in [6.45, 7) is 4.33. The molecule has 0 bridgehead atoms. The Balaban J connectivity index is 1.76. The smallest absolute Gasteiger partial charge is 0.344 e. The summed E-state index contributed by atoms with van der Waals surface area (Å²) in [5, 5.41) is 3.14. The SMILES string of the molecule is COc1ccc2c(c1OC)C(=O)O[C@@H]2Nc1ccc(C(=O)OCC(C)C)cc1. The molecule has 1 aliphatic rings. The van der Waals surface area contributed by atoms with Crippen LogP contribution in [0, 0.1) is 5.92 Å². The highest BCUT2D eigenvalue weighted by molar-refractivity contribution is 5.98. The van der Waals surface area contributed by atoms with Gasteiger partial charge in [-0.2, -0.15) is 0 Å². The van der Waals surface area contributed by atoms with E-state index in [1.165, 1.54) is 14.2 Å². The summed E-state index contributed by atoms with van der Waals surface area (Å²) in [4.78, 5) is 24.3. The predicted molar refractivity (Wildman–Crippen MR) is 103 cm³/mol. The molecule has 148 valence electrons. The van der Waals surface area contributed by atoms with Crippen molar-refractivity contribution in [3.63, 3.8) is 0 Å². The molecule has 1 aliphatic heterocycles. The minimum Gasteiger partial charge on any atom is -0.493 e. The van der Waals surface area contributed by atoms with Crippen molar-refractivity contribution in [2.24, 2.45) is 5.92 Å². The second-order valence-corrected chi connectivity index (χ2v) is 6.76. The molecule has 0 aliphatic carbocycles. The van der Waals surface area contributed by atoms with Gasteiger partial charge in [0.2, 0.25) is 6.23 Å². The minimum absolute atomic E-state index is 0.276. The normalized spacial score (nSPS) is 15.0. The van der Waals surface area contributed by atoms with Crippen LogP contribution in [0.25, 0.3) is 0 Å². The second kappa shape index (κ2) is 8.21. The number of carbonyl (C=O) groups excluding carboxylic acids is 2. The Labute approximate surface area is 163 Å². The third kappa shape index (κ3) is 3.88. The van der Waals surface area contributed by atoms with Crippen molar-refractivity contribution in [1.29, 1.82) is 0 Å². The molecule has 2 aromatic carbocycles. The van der Waals surface area contributed by atoms with Gasteiger partial charge in [0.15, 0.2) is 11.5 Å². The summed E-state index contributed by atoms with van der Waals surface area (Å²) in [6.07, 6.45) is -0.666. The van der Waals surface area contributed by atoms with Gasteiger partial charge in [-0.25, -0.2) is 9.59 Å². The fourth-order valence-electron chi connectivity index (χ4n) is 2.89. The van der Waals surface area contributed by atoms with Gasteiger partial charge < -0.3 is 24.3 Å². The number of methoxy groups -OCH3 is 2. The maximum Gasteiger partial charge on any atom is 0.344 e. The van der Waals surface area contributed by atoms with E-state index >= 15 is 0 Å². The van der Waals surface area contributed by atoms with Gasteiger partial charge in [0, 0.05) is 11.3 Å². The monoisotopic (exact) mass is 385 g/mol. The van der Waals surface area contributed by atoms with E-state index in [1.54, 1.807) is 36.4 Å². The number of hydrogen-bond donors (Lipinski definition) is 1. The van der Waals surface area contributed by atoms with Crippen molar-refractivity contribution in [2.75, 3.05) is 26.1 Å². The molecule has 28 heavy (non-hydrogen) atoms. The summed E-state index contributed by atoms with van der Waals surface area (Å²) in [7, 11) is 2.98. The molecule has 0 radical (unpaired) electrons. The maximum absolute atomic E-state index is 12.3. The molecule has 3 rings (SSSR count). The molecule has 1 atom stereocenters. The first-order valence-corrected chi connectivity index (χ1v) is 8.94. The van der Waals surface area contributed by atoms with E-state index in [4.69, 9.17) is 18.9 Å². The number of esters is 2. The fourth-order valence-corrected chi connectivity index (χ4v) is 2.89. The van der Waals surface area contributed by atoms with Crippen molar-refractivity contribution >= 4 is 17.6 Å². The number of benzene rings is 2. The highest BCUT2D eigenvalue weighted by Gasteiger charge is 2.35. The van der Waals surface area contributed by atoms with E-state index in [0.29, 0.717) is 40.5 Å². The molecular weight excluding hydrogens is 362 g/mol. The number of anilines is 1. The van der Waals surface area contributed by atoms with Crippen LogP contribution in [0.15, 0.2) is 36.4 Å². The van der Waals surface area contributed by atoms with Crippen molar-refractivity contribution in [1.82, 2.24) is 0 Å². The highest BCUT2D eigenvalue weighted by Crippen LogP contribution is 2.42. The van der Waals surface area contributed by atoms with E-state index in [1.807, 2.05) is 13.8 Å². The van der Waals surface area contributed by atoms with Crippen molar-refractivity contribution in [2.45, 2.75) is 20.1 Å². The first kappa shape index (κ1) is 19.5. The van der Waals surface area contributed by atoms with Crippen LogP contribution in [0.5, 0.6) is 11.5 Å². The average Bonchev–Trinajstić information content (AvgIpc) is 3.01. The molecule has 7 heteroatoms. The zero-order valence-corrected chi connectivity index (χ0v) is 16.3. The lowest BCUT2D eigenvalue weighted by Gasteiger charge is -2.15. The topological polar surface area (TPSA) is 83.1 Å². The quantitative estimate of drug-likeness (QED) is 0.726. The number of ether oxygens (including phenoxy) is 4. The second-order valence-electron chi connectivity index (χ2n) is 6.76. The number of rotatable bonds is 7. The number of nitrogens with one attached hydrogen (secondary N) is 1. The molecule has 0 spiro atoms. The van der Waals surface area contributed by atoms with E-state index in [0.717, 1.165) is 0 Å². The molecule has 2 aromatic rings. The van der Waals surface area contributed by atoms with E-state index < -0.39 is 12.2 Å². The molecule has 0 unspecified atom stereocenters. The van der Waals surface area contributed by atoms with E-state index in [2.05, 4.69) is 5.32 Å². The van der Waals surface area contributed by atoms with Gasteiger partial charge in [-0.1, -0.05) is 13.8 Å². The fraction of sp³-hybridized carbons (Fsp3) is 0.333. The number of fused-ring (bicyclic) bond motifs is 1. The third-order valence-corrected chi connectivity index (χ3v) is 4.26. The summed E-state index contributed by atoms with van der Waals surface area (Å²) in [6, 6.07) is 10.3. The van der Waals surface area contributed by atoms with Crippen LogP contribution < -0.4 is 14.8 Å². The molecule has 0 saturated heterocycles.